The van der Waals surface area contributed by atoms with E-state index in [1.165, 1.54) is 19.2 Å². The Hall–Kier alpha value is -0.480. The number of benzene rings is 1. The van der Waals surface area contributed by atoms with Crippen molar-refractivity contribution in [3.63, 3.8) is 0 Å². The zero-order valence-electron chi connectivity index (χ0n) is 6.40. The molecular formula is C8H7BrF2O. The normalized spacial score (nSPS) is 10.3. The van der Waals surface area contributed by atoms with Crippen LogP contribution in [-0.2, 0) is 11.3 Å². The molecule has 0 amide bonds. The van der Waals surface area contributed by atoms with Crippen molar-refractivity contribution in [3.05, 3.63) is 33.8 Å². The fourth-order valence-electron chi connectivity index (χ4n) is 0.846. The summed E-state index contributed by atoms with van der Waals surface area (Å²) in [5.74, 6) is -1.19. The molecule has 4 heteroatoms. The fraction of sp³-hybridized carbons (Fsp3) is 0.250. The first-order valence-electron chi connectivity index (χ1n) is 3.28. The van der Waals surface area contributed by atoms with E-state index in [1.807, 2.05) is 0 Å². The molecule has 0 saturated carbocycles. The van der Waals surface area contributed by atoms with E-state index in [9.17, 15) is 8.78 Å². The Morgan fingerprint density at radius 3 is 2.67 bits per heavy atom. The lowest BCUT2D eigenvalue weighted by Crippen LogP contribution is -1.97. The monoisotopic (exact) mass is 236 g/mol. The summed E-state index contributed by atoms with van der Waals surface area (Å²) < 4.78 is 30.8. The van der Waals surface area contributed by atoms with Gasteiger partial charge in [0.25, 0.3) is 0 Å². The van der Waals surface area contributed by atoms with Gasteiger partial charge in [-0.05, 0) is 28.1 Å². The third-order valence-electron chi connectivity index (χ3n) is 1.43. The molecule has 0 aromatic heterocycles. The molecule has 0 aliphatic carbocycles. The molecule has 0 radical (unpaired) electrons. The van der Waals surface area contributed by atoms with E-state index in [2.05, 4.69) is 20.7 Å². The molecule has 0 heterocycles. The minimum Gasteiger partial charge on any atom is -0.380 e. The zero-order chi connectivity index (χ0) is 9.14. The van der Waals surface area contributed by atoms with Crippen molar-refractivity contribution in [3.8, 4) is 0 Å². The molecule has 0 aliphatic rings. The largest absolute Gasteiger partial charge is 0.380 e. The molecule has 1 rings (SSSR count). The predicted octanol–water partition coefficient (Wildman–Crippen LogP) is 2.87. The molecule has 0 aliphatic heterocycles. The summed E-state index contributed by atoms with van der Waals surface area (Å²) in [6.45, 7) is -0.0584. The first kappa shape index (κ1) is 9.61. The van der Waals surface area contributed by atoms with Gasteiger partial charge < -0.3 is 4.74 Å². The second kappa shape index (κ2) is 3.96. The van der Waals surface area contributed by atoms with Gasteiger partial charge in [0.2, 0.25) is 0 Å². The first-order chi connectivity index (χ1) is 5.66. The van der Waals surface area contributed by atoms with Crippen LogP contribution in [0.25, 0.3) is 0 Å². The van der Waals surface area contributed by atoms with E-state index in [-0.39, 0.29) is 16.6 Å². The summed E-state index contributed by atoms with van der Waals surface area (Å²) in [6.07, 6.45) is 0. The van der Waals surface area contributed by atoms with Crippen molar-refractivity contribution < 1.29 is 13.5 Å². The van der Waals surface area contributed by atoms with Gasteiger partial charge in [-0.3, -0.25) is 0 Å². The minimum absolute atomic E-state index is 0.0492. The van der Waals surface area contributed by atoms with Crippen LogP contribution in [0.4, 0.5) is 8.78 Å². The van der Waals surface area contributed by atoms with Crippen LogP contribution in [0.2, 0.25) is 0 Å². The van der Waals surface area contributed by atoms with Gasteiger partial charge in [-0.1, -0.05) is 0 Å². The topological polar surface area (TPSA) is 9.23 Å². The maximum absolute atomic E-state index is 13.1. The van der Waals surface area contributed by atoms with Gasteiger partial charge in [0, 0.05) is 7.11 Å². The van der Waals surface area contributed by atoms with Crippen LogP contribution in [0.3, 0.4) is 0 Å². The van der Waals surface area contributed by atoms with E-state index < -0.39 is 11.6 Å². The number of ether oxygens (including phenoxy) is 1. The third-order valence-corrected chi connectivity index (χ3v) is 2.04. The molecule has 1 nitrogen and oxygen atoms in total. The van der Waals surface area contributed by atoms with Gasteiger partial charge in [0.15, 0.2) is 0 Å². The first-order valence-corrected chi connectivity index (χ1v) is 4.07. The van der Waals surface area contributed by atoms with Crippen molar-refractivity contribution in [2.75, 3.05) is 7.11 Å². The summed E-state index contributed by atoms with van der Waals surface area (Å²) in [6, 6.07) is 2.52. The lowest BCUT2D eigenvalue weighted by Gasteiger charge is -2.04. The molecule has 0 atom stereocenters. The van der Waals surface area contributed by atoms with Crippen LogP contribution in [0, 0.1) is 11.6 Å². The molecule has 0 fully saturated rings. The van der Waals surface area contributed by atoms with E-state index in [0.717, 1.165) is 0 Å². The number of methoxy groups -OCH3 is 1. The summed E-state index contributed by atoms with van der Waals surface area (Å²) in [5.41, 5.74) is -0.0492. The highest BCUT2D eigenvalue weighted by molar-refractivity contribution is 9.10. The molecular weight excluding hydrogens is 230 g/mol. The quantitative estimate of drug-likeness (QED) is 0.718. The predicted molar refractivity (Wildman–Crippen MR) is 44.8 cm³/mol. The molecule has 1 aromatic rings. The second-order valence-corrected chi connectivity index (χ2v) is 3.11. The zero-order valence-corrected chi connectivity index (χ0v) is 7.99. The highest BCUT2D eigenvalue weighted by Crippen LogP contribution is 2.21. The van der Waals surface area contributed by atoms with Crippen LogP contribution < -0.4 is 0 Å². The molecule has 1 aromatic carbocycles. The Labute approximate surface area is 77.5 Å². The smallest absolute Gasteiger partial charge is 0.145 e. The van der Waals surface area contributed by atoms with E-state index >= 15 is 0 Å². The Bertz CT molecular complexity index is 289. The van der Waals surface area contributed by atoms with Crippen molar-refractivity contribution in [2.45, 2.75) is 6.61 Å². The molecule has 0 bridgehead atoms. The van der Waals surface area contributed by atoms with Crippen LogP contribution in [-0.4, -0.2) is 7.11 Å². The highest BCUT2D eigenvalue weighted by atomic mass is 79.9. The van der Waals surface area contributed by atoms with Crippen molar-refractivity contribution in [1.29, 1.82) is 0 Å². The van der Waals surface area contributed by atoms with Crippen LogP contribution in [0.5, 0.6) is 0 Å². The van der Waals surface area contributed by atoms with Gasteiger partial charge in [-0.15, -0.1) is 0 Å². The summed E-state index contributed by atoms with van der Waals surface area (Å²) in [7, 11) is 1.39. The lowest BCUT2D eigenvalue weighted by atomic mass is 10.2. The Morgan fingerprint density at radius 2 is 2.08 bits per heavy atom. The van der Waals surface area contributed by atoms with Crippen molar-refractivity contribution in [2.24, 2.45) is 0 Å². The Morgan fingerprint density at radius 1 is 1.42 bits per heavy atom. The minimum atomic E-state index is -0.600. The van der Waals surface area contributed by atoms with Gasteiger partial charge >= 0.3 is 0 Å². The van der Waals surface area contributed by atoms with Gasteiger partial charge in [0.1, 0.15) is 11.6 Å². The SMILES string of the molecule is COCc1c(F)ccc(Br)c1F. The van der Waals surface area contributed by atoms with E-state index in [1.54, 1.807) is 0 Å². The third kappa shape index (κ3) is 1.81. The summed E-state index contributed by atoms with van der Waals surface area (Å²) in [5, 5.41) is 0. The van der Waals surface area contributed by atoms with Crippen molar-refractivity contribution in [1.82, 2.24) is 0 Å². The Kier molecular flexibility index (Phi) is 3.17. The van der Waals surface area contributed by atoms with Gasteiger partial charge in [0.05, 0.1) is 16.6 Å². The van der Waals surface area contributed by atoms with Crippen LogP contribution >= 0.6 is 15.9 Å². The summed E-state index contributed by atoms with van der Waals surface area (Å²) in [4.78, 5) is 0. The number of hydrogen-bond donors (Lipinski definition) is 0. The van der Waals surface area contributed by atoms with Gasteiger partial charge in [-0.2, -0.15) is 0 Å². The number of hydrogen-bond acceptors (Lipinski definition) is 1. The molecule has 0 saturated heterocycles. The molecule has 0 unspecified atom stereocenters. The summed E-state index contributed by atoms with van der Waals surface area (Å²) >= 11 is 2.95. The standard InChI is InChI=1S/C8H7BrF2O/c1-12-4-5-7(10)3-2-6(9)8(5)11/h2-3H,4H2,1H3. The van der Waals surface area contributed by atoms with E-state index in [0.29, 0.717) is 0 Å². The van der Waals surface area contributed by atoms with Gasteiger partial charge in [-0.25, -0.2) is 8.78 Å². The highest BCUT2D eigenvalue weighted by Gasteiger charge is 2.11. The van der Waals surface area contributed by atoms with Crippen LogP contribution in [0.1, 0.15) is 5.56 Å². The lowest BCUT2D eigenvalue weighted by molar-refractivity contribution is 0.177. The molecule has 0 N–H and O–H groups in total. The average molecular weight is 237 g/mol. The number of rotatable bonds is 2. The Balaban J connectivity index is 3.14. The van der Waals surface area contributed by atoms with Crippen LogP contribution in [0.15, 0.2) is 16.6 Å². The number of halogens is 3. The maximum atomic E-state index is 13.1. The second-order valence-electron chi connectivity index (χ2n) is 2.25. The molecule has 12 heavy (non-hydrogen) atoms. The molecule has 0 spiro atoms. The fourth-order valence-corrected chi connectivity index (χ4v) is 1.22. The molecule has 66 valence electrons. The van der Waals surface area contributed by atoms with Crippen molar-refractivity contribution >= 4 is 15.9 Å². The maximum Gasteiger partial charge on any atom is 0.145 e. The van der Waals surface area contributed by atoms with E-state index in [4.69, 9.17) is 0 Å². The average Bonchev–Trinajstić information content (AvgIpc) is 2.06.